The summed E-state index contributed by atoms with van der Waals surface area (Å²) in [5.74, 6) is 0.756. The molecule has 2 heterocycles. The third kappa shape index (κ3) is 4.73. The Morgan fingerprint density at radius 3 is 2.54 bits per heavy atom. The number of ether oxygens (including phenoxy) is 1. The monoisotopic (exact) mass is 330 g/mol. The zero-order chi connectivity index (χ0) is 16.8. The lowest BCUT2D eigenvalue weighted by atomic mass is 9.72. The normalized spacial score (nSPS) is 21.5. The van der Waals surface area contributed by atoms with E-state index < -0.39 is 0 Å². The van der Waals surface area contributed by atoms with Crippen LogP contribution in [0.3, 0.4) is 0 Å². The van der Waals surface area contributed by atoms with E-state index in [9.17, 15) is 4.79 Å². The van der Waals surface area contributed by atoms with Crippen LogP contribution in [0.4, 0.5) is 4.79 Å². The van der Waals surface area contributed by atoms with Crippen molar-refractivity contribution in [2.75, 3.05) is 26.2 Å². The van der Waals surface area contributed by atoms with E-state index in [1.54, 1.807) is 0 Å². The van der Waals surface area contributed by atoms with E-state index in [2.05, 4.69) is 12.2 Å². The second-order valence-electron chi connectivity index (χ2n) is 7.74. The Kier molecular flexibility index (Phi) is 5.77. The highest BCUT2D eigenvalue weighted by Gasteiger charge is 2.32. The minimum Gasteiger partial charge on any atom is -0.445 e. The molecule has 0 atom stereocenters. The quantitative estimate of drug-likeness (QED) is 0.912. The molecular weight excluding hydrogens is 300 g/mol. The van der Waals surface area contributed by atoms with Crippen LogP contribution < -0.4 is 5.32 Å². The summed E-state index contributed by atoms with van der Waals surface area (Å²) in [4.78, 5) is 14.1. The average Bonchev–Trinajstić information content (AvgIpc) is 2.61. The molecular formula is C20H30N2O2. The van der Waals surface area contributed by atoms with Crippen LogP contribution in [0.5, 0.6) is 0 Å². The van der Waals surface area contributed by atoms with Crippen molar-refractivity contribution >= 4 is 6.09 Å². The number of hydrogen-bond acceptors (Lipinski definition) is 3. The molecule has 0 spiro atoms. The van der Waals surface area contributed by atoms with Gasteiger partial charge in [0.05, 0.1) is 0 Å². The molecule has 132 valence electrons. The maximum Gasteiger partial charge on any atom is 0.410 e. The van der Waals surface area contributed by atoms with Gasteiger partial charge in [0.1, 0.15) is 6.61 Å². The van der Waals surface area contributed by atoms with Crippen LogP contribution in [-0.2, 0) is 11.3 Å². The number of piperidine rings is 2. The topological polar surface area (TPSA) is 41.6 Å². The number of benzene rings is 1. The van der Waals surface area contributed by atoms with Gasteiger partial charge in [0.25, 0.3) is 0 Å². The average molecular weight is 330 g/mol. The molecule has 1 aromatic carbocycles. The number of amides is 1. The number of likely N-dealkylation sites (tertiary alicyclic amines) is 1. The molecule has 0 aliphatic carbocycles. The summed E-state index contributed by atoms with van der Waals surface area (Å²) in [5.41, 5.74) is 1.53. The van der Waals surface area contributed by atoms with Crippen molar-refractivity contribution in [1.82, 2.24) is 10.2 Å². The second-order valence-corrected chi connectivity index (χ2v) is 7.74. The van der Waals surface area contributed by atoms with Crippen LogP contribution in [0.2, 0.25) is 0 Å². The highest BCUT2D eigenvalue weighted by molar-refractivity contribution is 5.67. The van der Waals surface area contributed by atoms with Gasteiger partial charge in [-0.05, 0) is 62.1 Å². The van der Waals surface area contributed by atoms with Gasteiger partial charge < -0.3 is 15.0 Å². The molecule has 0 unspecified atom stereocenters. The van der Waals surface area contributed by atoms with Gasteiger partial charge in [-0.1, -0.05) is 37.3 Å². The van der Waals surface area contributed by atoms with Crippen molar-refractivity contribution < 1.29 is 9.53 Å². The standard InChI is InChI=1S/C20H30N2O2/c1-20(9-11-21-12-10-20)15-17-7-13-22(14-8-17)19(23)24-16-18-5-3-2-4-6-18/h2-6,17,21H,7-16H2,1H3. The summed E-state index contributed by atoms with van der Waals surface area (Å²) < 4.78 is 5.45. The number of hydrogen-bond donors (Lipinski definition) is 1. The SMILES string of the molecule is CC1(CC2CCN(C(=O)OCc3ccccc3)CC2)CCNCC1. The smallest absolute Gasteiger partial charge is 0.410 e. The van der Waals surface area contributed by atoms with Crippen LogP contribution in [0, 0.1) is 11.3 Å². The summed E-state index contributed by atoms with van der Waals surface area (Å²) in [6.45, 7) is 6.79. The molecule has 0 aromatic heterocycles. The predicted molar refractivity (Wildman–Crippen MR) is 95.8 cm³/mol. The fraction of sp³-hybridized carbons (Fsp3) is 0.650. The van der Waals surface area contributed by atoms with Gasteiger partial charge >= 0.3 is 6.09 Å². The molecule has 2 fully saturated rings. The van der Waals surface area contributed by atoms with Crippen molar-refractivity contribution in [3.63, 3.8) is 0 Å². The van der Waals surface area contributed by atoms with Gasteiger partial charge in [-0.15, -0.1) is 0 Å². The van der Waals surface area contributed by atoms with Crippen LogP contribution in [0.1, 0.15) is 44.6 Å². The molecule has 1 amide bonds. The lowest BCUT2D eigenvalue weighted by Crippen LogP contribution is -2.41. The highest BCUT2D eigenvalue weighted by atomic mass is 16.6. The van der Waals surface area contributed by atoms with E-state index in [4.69, 9.17) is 4.74 Å². The molecule has 3 rings (SSSR count). The van der Waals surface area contributed by atoms with Crippen molar-refractivity contribution in [2.45, 2.75) is 45.6 Å². The van der Waals surface area contributed by atoms with E-state index in [-0.39, 0.29) is 6.09 Å². The Morgan fingerprint density at radius 1 is 1.21 bits per heavy atom. The molecule has 0 radical (unpaired) electrons. The predicted octanol–water partition coefficient (Wildman–Crippen LogP) is 3.82. The Balaban J connectivity index is 1.40. The van der Waals surface area contributed by atoms with E-state index in [0.29, 0.717) is 12.0 Å². The zero-order valence-corrected chi connectivity index (χ0v) is 14.8. The van der Waals surface area contributed by atoms with Gasteiger partial charge in [-0.2, -0.15) is 0 Å². The molecule has 24 heavy (non-hydrogen) atoms. The lowest BCUT2D eigenvalue weighted by Gasteiger charge is -2.39. The Bertz CT molecular complexity index is 518. The largest absolute Gasteiger partial charge is 0.445 e. The van der Waals surface area contributed by atoms with Crippen molar-refractivity contribution in [3.8, 4) is 0 Å². The number of nitrogens with zero attached hydrogens (tertiary/aromatic N) is 1. The fourth-order valence-corrected chi connectivity index (χ4v) is 4.06. The molecule has 4 heteroatoms. The Hall–Kier alpha value is -1.55. The molecule has 4 nitrogen and oxygen atoms in total. The highest BCUT2D eigenvalue weighted by Crippen LogP contribution is 2.38. The summed E-state index contributed by atoms with van der Waals surface area (Å²) in [6.07, 6.45) is 5.94. The molecule has 1 aromatic rings. The van der Waals surface area contributed by atoms with Gasteiger partial charge in [-0.3, -0.25) is 0 Å². The van der Waals surface area contributed by atoms with Crippen LogP contribution >= 0.6 is 0 Å². The first-order valence-corrected chi connectivity index (χ1v) is 9.31. The molecule has 1 N–H and O–H groups in total. The van der Waals surface area contributed by atoms with E-state index in [1.807, 2.05) is 35.2 Å². The van der Waals surface area contributed by atoms with Crippen molar-refractivity contribution in [3.05, 3.63) is 35.9 Å². The second kappa shape index (κ2) is 8.02. The third-order valence-corrected chi connectivity index (χ3v) is 5.67. The fourth-order valence-electron chi connectivity index (χ4n) is 4.06. The molecule has 0 saturated carbocycles. The Morgan fingerprint density at radius 2 is 1.88 bits per heavy atom. The summed E-state index contributed by atoms with van der Waals surface area (Å²) in [6, 6.07) is 9.88. The van der Waals surface area contributed by atoms with Crippen molar-refractivity contribution in [1.29, 1.82) is 0 Å². The number of nitrogens with one attached hydrogen (secondary N) is 1. The summed E-state index contributed by atoms with van der Waals surface area (Å²) >= 11 is 0. The maximum absolute atomic E-state index is 12.2. The van der Waals surface area contributed by atoms with Gasteiger partial charge in [0, 0.05) is 13.1 Å². The van der Waals surface area contributed by atoms with E-state index >= 15 is 0 Å². The molecule has 2 aliphatic rings. The van der Waals surface area contributed by atoms with Gasteiger partial charge in [-0.25, -0.2) is 4.79 Å². The first kappa shape index (κ1) is 17.3. The van der Waals surface area contributed by atoms with Crippen molar-refractivity contribution in [2.24, 2.45) is 11.3 Å². The Labute approximate surface area is 145 Å². The molecule has 2 saturated heterocycles. The third-order valence-electron chi connectivity index (χ3n) is 5.67. The van der Waals surface area contributed by atoms with Gasteiger partial charge in [0.15, 0.2) is 0 Å². The number of rotatable bonds is 4. The first-order chi connectivity index (χ1) is 11.6. The minimum atomic E-state index is -0.162. The minimum absolute atomic E-state index is 0.162. The summed E-state index contributed by atoms with van der Waals surface area (Å²) in [7, 11) is 0. The van der Waals surface area contributed by atoms with E-state index in [1.165, 1.54) is 19.3 Å². The molecule has 0 bridgehead atoms. The van der Waals surface area contributed by atoms with Crippen LogP contribution in [0.15, 0.2) is 30.3 Å². The van der Waals surface area contributed by atoms with E-state index in [0.717, 1.165) is 50.5 Å². The number of carbonyl (C=O) groups excluding carboxylic acids is 1. The summed E-state index contributed by atoms with van der Waals surface area (Å²) in [5, 5.41) is 3.46. The maximum atomic E-state index is 12.2. The first-order valence-electron chi connectivity index (χ1n) is 9.31. The number of carbonyl (C=O) groups is 1. The molecule has 2 aliphatic heterocycles. The zero-order valence-electron chi connectivity index (χ0n) is 14.8. The van der Waals surface area contributed by atoms with Crippen LogP contribution in [0.25, 0.3) is 0 Å². The van der Waals surface area contributed by atoms with Crippen LogP contribution in [-0.4, -0.2) is 37.2 Å². The van der Waals surface area contributed by atoms with Gasteiger partial charge in [0.2, 0.25) is 0 Å². The lowest BCUT2D eigenvalue weighted by molar-refractivity contribution is 0.0728.